The number of hydrogen-bond acceptors (Lipinski definition) is 8. The molecule has 1 aliphatic carbocycles. The molecule has 10 heteroatoms. The van der Waals surface area contributed by atoms with Crippen molar-refractivity contribution >= 4 is 38.6 Å². The second-order valence-electron chi connectivity index (χ2n) is 9.88. The number of nitrogens with zero attached hydrogens (tertiary/aromatic N) is 1. The second kappa shape index (κ2) is 11.6. The van der Waals surface area contributed by atoms with Gasteiger partial charge < -0.3 is 14.4 Å². The molecule has 0 bridgehead atoms. The van der Waals surface area contributed by atoms with Gasteiger partial charge >= 0.3 is 0 Å². The van der Waals surface area contributed by atoms with Gasteiger partial charge in [-0.2, -0.15) is 0 Å². The van der Waals surface area contributed by atoms with E-state index in [1.807, 2.05) is 29.2 Å². The van der Waals surface area contributed by atoms with Crippen molar-refractivity contribution in [3.63, 3.8) is 0 Å². The number of ether oxygens (including phenoxy) is 2. The highest BCUT2D eigenvalue weighted by atomic mass is 32.2. The van der Waals surface area contributed by atoms with Gasteiger partial charge in [-0.1, -0.05) is 12.1 Å². The van der Waals surface area contributed by atoms with Crippen LogP contribution in [0.15, 0.2) is 47.4 Å². The van der Waals surface area contributed by atoms with Crippen molar-refractivity contribution in [1.82, 2.24) is 0 Å². The molecule has 1 aromatic heterocycles. The Bertz CT molecular complexity index is 1490. The number of methoxy groups -OCH3 is 1. The second-order valence-corrected chi connectivity index (χ2v) is 12.6. The normalized spacial score (nSPS) is 15.6. The molecule has 2 N–H and O–H groups in total. The number of hydrogen-bond donors (Lipinski definition) is 1. The standard InChI is InChI=1S/C29H32N2O6S2/c1-36-20-8-6-19(7-9-20)16-26(33)29-22-4-2-3-5-27(22)38-28(29)18-25(32)23-17-21(39(30,34)35)10-11-24(23)31-12-14-37-15-13-31/h6-11,17H,2-5,12-16,18H2,1H3,(H2,30,34,35). The van der Waals surface area contributed by atoms with Crippen LogP contribution in [0.25, 0.3) is 0 Å². The molecule has 0 unspecified atom stereocenters. The Kier molecular flexibility index (Phi) is 8.18. The zero-order chi connectivity index (χ0) is 27.6. The zero-order valence-electron chi connectivity index (χ0n) is 21.9. The molecule has 2 aliphatic rings. The predicted octanol–water partition coefficient (Wildman–Crippen LogP) is 3.97. The molecule has 8 nitrogen and oxygen atoms in total. The van der Waals surface area contributed by atoms with Crippen LogP contribution in [0.5, 0.6) is 5.75 Å². The average Bonchev–Trinajstić information content (AvgIpc) is 3.31. The Morgan fingerprint density at radius 1 is 1.00 bits per heavy atom. The Labute approximate surface area is 232 Å². The fourth-order valence-corrected chi connectivity index (χ4v) is 7.28. The van der Waals surface area contributed by atoms with E-state index in [2.05, 4.69) is 0 Å². The summed E-state index contributed by atoms with van der Waals surface area (Å²) in [5.41, 5.74) is 3.56. The van der Waals surface area contributed by atoms with E-state index in [-0.39, 0.29) is 29.3 Å². The number of fused-ring (bicyclic) bond motifs is 1. The van der Waals surface area contributed by atoms with Gasteiger partial charge in [-0.25, -0.2) is 13.6 Å². The lowest BCUT2D eigenvalue weighted by atomic mass is 9.90. The van der Waals surface area contributed by atoms with Crippen molar-refractivity contribution in [2.45, 2.75) is 43.4 Å². The van der Waals surface area contributed by atoms with Crippen molar-refractivity contribution in [3.05, 3.63) is 74.5 Å². The van der Waals surface area contributed by atoms with E-state index in [0.717, 1.165) is 47.4 Å². The van der Waals surface area contributed by atoms with Gasteiger partial charge in [-0.15, -0.1) is 11.3 Å². The van der Waals surface area contributed by atoms with Crippen LogP contribution in [-0.4, -0.2) is 53.4 Å². The number of nitrogens with two attached hydrogens (primary N) is 1. The number of carbonyl (C=O) groups is 2. The highest BCUT2D eigenvalue weighted by molar-refractivity contribution is 7.89. The largest absolute Gasteiger partial charge is 0.497 e. The number of Topliss-reactive ketones (excluding diaryl/α,β-unsaturated/α-hetero) is 2. The lowest BCUT2D eigenvalue weighted by Gasteiger charge is -2.30. The van der Waals surface area contributed by atoms with E-state index in [0.29, 0.717) is 43.1 Å². The first-order chi connectivity index (χ1) is 18.7. The number of aryl methyl sites for hydroxylation is 1. The van der Waals surface area contributed by atoms with Crippen LogP contribution in [0.2, 0.25) is 0 Å². The van der Waals surface area contributed by atoms with E-state index in [4.69, 9.17) is 14.6 Å². The van der Waals surface area contributed by atoms with E-state index in [1.165, 1.54) is 17.0 Å². The summed E-state index contributed by atoms with van der Waals surface area (Å²) >= 11 is 1.54. The van der Waals surface area contributed by atoms with Crippen LogP contribution in [-0.2, 0) is 40.4 Å². The maximum atomic E-state index is 13.9. The number of anilines is 1. The van der Waals surface area contributed by atoms with Crippen molar-refractivity contribution in [2.75, 3.05) is 38.3 Å². The lowest BCUT2D eigenvalue weighted by molar-refractivity contribution is 0.0988. The number of primary sulfonamides is 1. The number of morpholine rings is 1. The monoisotopic (exact) mass is 568 g/mol. The molecule has 0 amide bonds. The first-order valence-electron chi connectivity index (χ1n) is 13.1. The van der Waals surface area contributed by atoms with Gasteiger partial charge in [0.1, 0.15) is 5.75 Å². The molecule has 0 spiro atoms. The van der Waals surface area contributed by atoms with Crippen LogP contribution in [0.3, 0.4) is 0 Å². The number of ketones is 2. The quantitative estimate of drug-likeness (QED) is 0.388. The summed E-state index contributed by atoms with van der Waals surface area (Å²) in [6.07, 6.45) is 4.05. The van der Waals surface area contributed by atoms with Crippen LogP contribution in [0.1, 0.15) is 54.4 Å². The summed E-state index contributed by atoms with van der Waals surface area (Å²) in [5, 5.41) is 5.41. The molecule has 5 rings (SSSR count). The first-order valence-corrected chi connectivity index (χ1v) is 15.4. The summed E-state index contributed by atoms with van der Waals surface area (Å²) in [5.74, 6) is 0.483. The molecule has 0 radical (unpaired) electrons. The zero-order valence-corrected chi connectivity index (χ0v) is 23.5. The number of rotatable bonds is 9. The molecule has 1 fully saturated rings. The van der Waals surface area contributed by atoms with Gasteiger partial charge in [-0.05, 0) is 67.1 Å². The molecule has 1 saturated heterocycles. The van der Waals surface area contributed by atoms with E-state index in [1.54, 1.807) is 24.5 Å². The molecule has 206 valence electrons. The Morgan fingerprint density at radius 3 is 2.41 bits per heavy atom. The molecule has 1 aliphatic heterocycles. The summed E-state index contributed by atoms with van der Waals surface area (Å²) in [6, 6.07) is 11.9. The van der Waals surface area contributed by atoms with Gasteiger partial charge in [0.2, 0.25) is 10.0 Å². The summed E-state index contributed by atoms with van der Waals surface area (Å²) in [4.78, 5) is 31.4. The van der Waals surface area contributed by atoms with Crippen molar-refractivity contribution in [2.24, 2.45) is 5.14 Å². The van der Waals surface area contributed by atoms with Crippen LogP contribution >= 0.6 is 11.3 Å². The SMILES string of the molecule is COc1ccc(CC(=O)c2c(CC(=O)c3cc(S(N)(=O)=O)ccc3N3CCOCC3)sc3c2CCCC3)cc1. The molecule has 0 atom stereocenters. The molecule has 2 heterocycles. The minimum Gasteiger partial charge on any atom is -0.497 e. The smallest absolute Gasteiger partial charge is 0.238 e. The first kappa shape index (κ1) is 27.5. The fourth-order valence-electron chi connectivity index (χ4n) is 5.32. The Balaban J connectivity index is 1.49. The average molecular weight is 569 g/mol. The Hall–Kier alpha value is -3.05. The summed E-state index contributed by atoms with van der Waals surface area (Å²) < 4.78 is 34.9. The fraction of sp³-hybridized carbons (Fsp3) is 0.379. The molecule has 0 saturated carbocycles. The van der Waals surface area contributed by atoms with Crippen LogP contribution in [0.4, 0.5) is 5.69 Å². The van der Waals surface area contributed by atoms with Crippen LogP contribution in [0, 0.1) is 0 Å². The minimum atomic E-state index is -4.00. The predicted molar refractivity (Wildman–Crippen MR) is 151 cm³/mol. The van der Waals surface area contributed by atoms with Gasteiger partial charge in [0.05, 0.1) is 25.2 Å². The minimum absolute atomic E-state index is 0.00550. The third-order valence-corrected chi connectivity index (χ3v) is 9.52. The molecular formula is C29H32N2O6S2. The van der Waals surface area contributed by atoms with Crippen molar-refractivity contribution in [1.29, 1.82) is 0 Å². The third-order valence-electron chi connectivity index (χ3n) is 7.32. The van der Waals surface area contributed by atoms with Crippen molar-refractivity contribution in [3.8, 4) is 5.75 Å². The highest BCUT2D eigenvalue weighted by Gasteiger charge is 2.28. The summed E-state index contributed by atoms with van der Waals surface area (Å²) in [7, 11) is -2.40. The summed E-state index contributed by atoms with van der Waals surface area (Å²) in [6.45, 7) is 2.22. The maximum absolute atomic E-state index is 13.9. The number of thiophene rings is 1. The lowest BCUT2D eigenvalue weighted by Crippen LogP contribution is -2.37. The Morgan fingerprint density at radius 2 is 1.72 bits per heavy atom. The van der Waals surface area contributed by atoms with Gasteiger partial charge in [-0.3, -0.25) is 9.59 Å². The molecule has 2 aromatic carbocycles. The number of benzene rings is 2. The molecule has 39 heavy (non-hydrogen) atoms. The molecular weight excluding hydrogens is 536 g/mol. The van der Waals surface area contributed by atoms with E-state index >= 15 is 0 Å². The van der Waals surface area contributed by atoms with Crippen LogP contribution < -0.4 is 14.8 Å². The van der Waals surface area contributed by atoms with E-state index in [9.17, 15) is 18.0 Å². The van der Waals surface area contributed by atoms with E-state index < -0.39 is 10.0 Å². The highest BCUT2D eigenvalue weighted by Crippen LogP contribution is 2.37. The van der Waals surface area contributed by atoms with Gasteiger partial charge in [0.15, 0.2) is 11.6 Å². The van der Waals surface area contributed by atoms with Crippen molar-refractivity contribution < 1.29 is 27.5 Å². The topological polar surface area (TPSA) is 116 Å². The third kappa shape index (κ3) is 6.09. The maximum Gasteiger partial charge on any atom is 0.238 e. The number of sulfonamides is 1. The van der Waals surface area contributed by atoms with Gasteiger partial charge in [0.25, 0.3) is 0 Å². The number of carbonyl (C=O) groups excluding carboxylic acids is 2. The van der Waals surface area contributed by atoms with Gasteiger partial charge in [0, 0.05) is 52.5 Å². The molecule has 3 aromatic rings.